The van der Waals surface area contributed by atoms with E-state index in [1.54, 1.807) is 43.5 Å². The van der Waals surface area contributed by atoms with Gasteiger partial charge in [0.2, 0.25) is 11.8 Å². The van der Waals surface area contributed by atoms with Crippen LogP contribution in [0.4, 0.5) is 5.69 Å². The van der Waals surface area contributed by atoms with E-state index in [9.17, 15) is 14.4 Å². The summed E-state index contributed by atoms with van der Waals surface area (Å²) in [6.45, 7) is 2.88. The van der Waals surface area contributed by atoms with Gasteiger partial charge in [-0.25, -0.2) is 0 Å². The molecule has 0 heterocycles. The van der Waals surface area contributed by atoms with Crippen LogP contribution < -0.4 is 15.4 Å². The Morgan fingerprint density at radius 1 is 1.04 bits per heavy atom. The molecule has 2 aromatic carbocycles. The molecule has 1 atom stereocenters. The van der Waals surface area contributed by atoms with E-state index in [0.29, 0.717) is 17.0 Å². The van der Waals surface area contributed by atoms with E-state index in [1.165, 1.54) is 13.8 Å². The Kier molecular flexibility index (Phi) is 6.49. The van der Waals surface area contributed by atoms with Gasteiger partial charge in [-0.15, -0.1) is 0 Å². The Morgan fingerprint density at radius 3 is 2.31 bits per heavy atom. The zero-order chi connectivity index (χ0) is 19.1. The number of amides is 2. The van der Waals surface area contributed by atoms with Crippen LogP contribution in [0, 0.1) is 0 Å². The molecule has 136 valence electrons. The number of rotatable bonds is 7. The number of carbonyl (C=O) groups excluding carboxylic acids is 3. The van der Waals surface area contributed by atoms with Gasteiger partial charge in [0.1, 0.15) is 5.75 Å². The Labute approximate surface area is 152 Å². The molecule has 2 aromatic rings. The summed E-state index contributed by atoms with van der Waals surface area (Å²) >= 11 is 0. The summed E-state index contributed by atoms with van der Waals surface area (Å²) in [5, 5.41) is 5.55. The molecule has 0 aliphatic carbocycles. The van der Waals surface area contributed by atoms with Gasteiger partial charge >= 0.3 is 0 Å². The van der Waals surface area contributed by atoms with Crippen molar-refractivity contribution < 1.29 is 19.1 Å². The Bertz CT molecular complexity index is 800. The number of hydrogen-bond donors (Lipinski definition) is 2. The van der Waals surface area contributed by atoms with Gasteiger partial charge in [-0.05, 0) is 36.8 Å². The molecule has 0 aliphatic heterocycles. The molecule has 2 rings (SSSR count). The van der Waals surface area contributed by atoms with E-state index >= 15 is 0 Å². The average Bonchev–Trinajstić information content (AvgIpc) is 2.61. The Balaban J connectivity index is 2.11. The summed E-state index contributed by atoms with van der Waals surface area (Å²) in [6.07, 6.45) is 0.0657. The molecule has 0 bridgehead atoms. The number of benzene rings is 2. The molecular formula is C20H22N2O4. The first kappa shape index (κ1) is 19.2. The van der Waals surface area contributed by atoms with Gasteiger partial charge in [-0.1, -0.05) is 24.3 Å². The van der Waals surface area contributed by atoms with E-state index in [-0.39, 0.29) is 24.0 Å². The van der Waals surface area contributed by atoms with Crippen LogP contribution >= 0.6 is 0 Å². The number of carbonyl (C=O) groups is 3. The van der Waals surface area contributed by atoms with Crippen LogP contribution in [0.25, 0.3) is 0 Å². The predicted octanol–water partition coefficient (Wildman–Crippen LogP) is 3.10. The molecule has 0 aliphatic rings. The highest BCUT2D eigenvalue weighted by Gasteiger charge is 2.17. The SMILES string of the molecule is COc1ccc(C(CC(=O)Nc2cccc(C(C)=O)c2)NC(C)=O)cc1. The van der Waals surface area contributed by atoms with Gasteiger partial charge in [0.15, 0.2) is 5.78 Å². The lowest BCUT2D eigenvalue weighted by atomic mass is 10.0. The molecule has 0 aromatic heterocycles. The van der Waals surface area contributed by atoms with E-state index in [4.69, 9.17) is 4.74 Å². The van der Waals surface area contributed by atoms with Crippen LogP contribution in [-0.2, 0) is 9.59 Å². The Hall–Kier alpha value is -3.15. The maximum atomic E-state index is 12.4. The molecule has 2 amide bonds. The van der Waals surface area contributed by atoms with E-state index in [0.717, 1.165) is 5.56 Å². The summed E-state index contributed by atoms with van der Waals surface area (Å²) in [5.41, 5.74) is 1.86. The second kappa shape index (κ2) is 8.80. The lowest BCUT2D eigenvalue weighted by Gasteiger charge is -2.18. The van der Waals surface area contributed by atoms with Crippen molar-refractivity contribution in [2.75, 3.05) is 12.4 Å². The molecule has 1 unspecified atom stereocenters. The number of ether oxygens (including phenoxy) is 1. The van der Waals surface area contributed by atoms with E-state index < -0.39 is 6.04 Å². The summed E-state index contributed by atoms with van der Waals surface area (Å²) in [4.78, 5) is 35.4. The fourth-order valence-electron chi connectivity index (χ4n) is 2.55. The summed E-state index contributed by atoms with van der Waals surface area (Å²) in [6, 6.07) is 13.4. The first-order chi connectivity index (χ1) is 12.4. The molecule has 0 fully saturated rings. The zero-order valence-electron chi connectivity index (χ0n) is 15.0. The van der Waals surface area contributed by atoms with Crippen molar-refractivity contribution >= 4 is 23.3 Å². The highest BCUT2D eigenvalue weighted by molar-refractivity contribution is 5.97. The van der Waals surface area contributed by atoms with Gasteiger partial charge in [0.25, 0.3) is 0 Å². The second-order valence-corrected chi connectivity index (χ2v) is 5.92. The monoisotopic (exact) mass is 354 g/mol. The van der Waals surface area contributed by atoms with Crippen molar-refractivity contribution in [3.63, 3.8) is 0 Å². The third-order valence-electron chi connectivity index (χ3n) is 3.84. The van der Waals surface area contributed by atoms with Crippen molar-refractivity contribution in [3.8, 4) is 5.75 Å². The highest BCUT2D eigenvalue weighted by atomic mass is 16.5. The molecule has 0 radical (unpaired) electrons. The standard InChI is InChI=1S/C20H22N2O4/c1-13(23)16-5-4-6-17(11-16)22-20(25)12-19(21-14(2)24)15-7-9-18(26-3)10-8-15/h4-11,19H,12H2,1-3H3,(H,21,24)(H,22,25). The Morgan fingerprint density at radius 2 is 1.73 bits per heavy atom. The van der Waals surface area contributed by atoms with Gasteiger partial charge in [-0.3, -0.25) is 14.4 Å². The number of Topliss-reactive ketones (excluding diaryl/α,β-unsaturated/α-hetero) is 1. The molecule has 6 heteroatoms. The van der Waals surface area contributed by atoms with Crippen LogP contribution in [0.2, 0.25) is 0 Å². The third-order valence-corrected chi connectivity index (χ3v) is 3.84. The van der Waals surface area contributed by atoms with E-state index in [1.807, 2.05) is 12.1 Å². The smallest absolute Gasteiger partial charge is 0.226 e. The van der Waals surface area contributed by atoms with Crippen LogP contribution in [0.1, 0.15) is 42.2 Å². The largest absolute Gasteiger partial charge is 0.497 e. The van der Waals surface area contributed by atoms with E-state index in [2.05, 4.69) is 10.6 Å². The van der Waals surface area contributed by atoms with Crippen molar-refractivity contribution in [2.24, 2.45) is 0 Å². The van der Waals surface area contributed by atoms with Crippen molar-refractivity contribution in [1.82, 2.24) is 5.32 Å². The molecule has 2 N–H and O–H groups in total. The minimum Gasteiger partial charge on any atom is -0.497 e. The van der Waals surface area contributed by atoms with Crippen LogP contribution in [-0.4, -0.2) is 24.7 Å². The minimum absolute atomic E-state index is 0.0657. The number of methoxy groups -OCH3 is 1. The number of ketones is 1. The van der Waals surface area contributed by atoms with Gasteiger partial charge in [0, 0.05) is 18.2 Å². The molecule has 6 nitrogen and oxygen atoms in total. The van der Waals surface area contributed by atoms with Gasteiger partial charge in [0.05, 0.1) is 19.6 Å². The van der Waals surface area contributed by atoms with Crippen LogP contribution in [0.5, 0.6) is 5.75 Å². The fraction of sp³-hybridized carbons (Fsp3) is 0.250. The first-order valence-corrected chi connectivity index (χ1v) is 8.21. The number of hydrogen-bond acceptors (Lipinski definition) is 4. The van der Waals surface area contributed by atoms with Crippen molar-refractivity contribution in [2.45, 2.75) is 26.3 Å². The maximum absolute atomic E-state index is 12.4. The molecule has 0 saturated carbocycles. The molecule has 0 saturated heterocycles. The third kappa shape index (κ3) is 5.44. The number of anilines is 1. The van der Waals surface area contributed by atoms with Crippen molar-refractivity contribution in [3.05, 3.63) is 59.7 Å². The number of nitrogens with one attached hydrogen (secondary N) is 2. The van der Waals surface area contributed by atoms with Gasteiger partial charge < -0.3 is 15.4 Å². The maximum Gasteiger partial charge on any atom is 0.226 e. The topological polar surface area (TPSA) is 84.5 Å². The first-order valence-electron chi connectivity index (χ1n) is 8.21. The minimum atomic E-state index is -0.464. The highest BCUT2D eigenvalue weighted by Crippen LogP contribution is 2.21. The summed E-state index contributed by atoms with van der Waals surface area (Å²) < 4.78 is 5.13. The predicted molar refractivity (Wildman–Crippen MR) is 99.2 cm³/mol. The molecule has 26 heavy (non-hydrogen) atoms. The van der Waals surface area contributed by atoms with Crippen LogP contribution in [0.3, 0.4) is 0 Å². The summed E-state index contributed by atoms with van der Waals surface area (Å²) in [7, 11) is 1.57. The lowest BCUT2D eigenvalue weighted by molar-refractivity contribution is -0.120. The normalized spacial score (nSPS) is 11.3. The fourth-order valence-corrected chi connectivity index (χ4v) is 2.55. The second-order valence-electron chi connectivity index (χ2n) is 5.92. The van der Waals surface area contributed by atoms with Gasteiger partial charge in [-0.2, -0.15) is 0 Å². The molecular weight excluding hydrogens is 332 g/mol. The average molecular weight is 354 g/mol. The molecule has 0 spiro atoms. The zero-order valence-corrected chi connectivity index (χ0v) is 15.0. The lowest BCUT2D eigenvalue weighted by Crippen LogP contribution is -2.29. The van der Waals surface area contributed by atoms with Crippen molar-refractivity contribution in [1.29, 1.82) is 0 Å². The summed E-state index contributed by atoms with van der Waals surface area (Å²) in [5.74, 6) is 0.133. The van der Waals surface area contributed by atoms with Crippen LogP contribution in [0.15, 0.2) is 48.5 Å². The quantitative estimate of drug-likeness (QED) is 0.748.